The van der Waals surface area contributed by atoms with Crippen LogP contribution in [0.4, 0.5) is 13.6 Å². The summed E-state index contributed by atoms with van der Waals surface area (Å²) >= 11 is 0. The largest absolute Gasteiger partial charge is 0.465 e. The van der Waals surface area contributed by atoms with E-state index in [1.165, 1.54) is 17.7 Å². The third kappa shape index (κ3) is 4.30. The molecule has 1 aromatic carbocycles. The molecule has 1 aromatic rings. The molecule has 1 saturated carbocycles. The van der Waals surface area contributed by atoms with Crippen LogP contribution in [-0.2, 0) is 4.79 Å². The Morgan fingerprint density at radius 2 is 1.70 bits per heavy atom. The average Bonchev–Trinajstić information content (AvgIpc) is 2.89. The first kappa shape index (κ1) is 22.5. The maximum absolute atomic E-state index is 13.7. The molecule has 1 saturated heterocycles. The second kappa shape index (κ2) is 8.52. The van der Waals surface area contributed by atoms with Gasteiger partial charge in [0.1, 0.15) is 17.2 Å². The van der Waals surface area contributed by atoms with Crippen LogP contribution in [0.1, 0.15) is 77.3 Å². The van der Waals surface area contributed by atoms with Crippen molar-refractivity contribution in [2.24, 2.45) is 11.3 Å². The van der Waals surface area contributed by atoms with Gasteiger partial charge in [0.05, 0.1) is 6.04 Å². The Labute approximate surface area is 176 Å². The topological polar surface area (TPSA) is 69.6 Å². The molecule has 1 unspecified atom stereocenters. The van der Waals surface area contributed by atoms with Crippen molar-refractivity contribution >= 4 is 12.0 Å². The number of nitrogens with one attached hydrogen (secondary N) is 1. The lowest BCUT2D eigenvalue weighted by molar-refractivity contribution is -0.149. The van der Waals surface area contributed by atoms with Gasteiger partial charge in [-0.15, -0.1) is 0 Å². The van der Waals surface area contributed by atoms with Crippen molar-refractivity contribution in [3.05, 3.63) is 35.4 Å². The van der Waals surface area contributed by atoms with E-state index in [1.807, 2.05) is 20.8 Å². The van der Waals surface area contributed by atoms with Crippen LogP contribution in [0.3, 0.4) is 0 Å². The van der Waals surface area contributed by atoms with Crippen molar-refractivity contribution in [3.63, 3.8) is 0 Å². The number of amides is 2. The van der Waals surface area contributed by atoms with Crippen molar-refractivity contribution < 1.29 is 23.5 Å². The number of nitrogens with zero attached hydrogens (tertiary/aromatic N) is 1. The fraction of sp³-hybridized carbons (Fsp3) is 0.652. The van der Waals surface area contributed by atoms with Gasteiger partial charge in [-0.3, -0.25) is 9.69 Å². The van der Waals surface area contributed by atoms with Crippen LogP contribution in [0.5, 0.6) is 0 Å². The molecular formula is C23H32F2N2O3. The maximum Gasteiger partial charge on any atom is 0.408 e. The lowest BCUT2D eigenvalue weighted by Crippen LogP contribution is -2.72. The summed E-state index contributed by atoms with van der Waals surface area (Å²) in [7, 11) is 0. The maximum atomic E-state index is 13.7. The van der Waals surface area contributed by atoms with Gasteiger partial charge in [-0.05, 0) is 35.4 Å². The standard InChI is InChI=1S/C23H32F2N2O3/c1-22(2,3)23(13-15-8-6-4-5-7-9-15)20(28)26-19(14-27(23)21(29)30)16-10-17(24)12-18(25)11-16/h10-12,15,19H,4-9,13-14H2,1-3H3,(H,26,28)(H,29,30)/t19?,23-/m0/s1. The van der Waals surface area contributed by atoms with E-state index in [2.05, 4.69) is 5.32 Å². The number of benzene rings is 1. The molecule has 2 atom stereocenters. The minimum Gasteiger partial charge on any atom is -0.465 e. The van der Waals surface area contributed by atoms with Crippen LogP contribution in [0.15, 0.2) is 18.2 Å². The molecule has 2 amide bonds. The van der Waals surface area contributed by atoms with Crippen LogP contribution in [-0.4, -0.2) is 34.1 Å². The van der Waals surface area contributed by atoms with Gasteiger partial charge in [-0.2, -0.15) is 0 Å². The molecule has 2 aliphatic rings. The summed E-state index contributed by atoms with van der Waals surface area (Å²) in [6, 6.07) is 2.24. The molecule has 7 heteroatoms. The van der Waals surface area contributed by atoms with Crippen LogP contribution in [0.25, 0.3) is 0 Å². The van der Waals surface area contributed by atoms with Crippen molar-refractivity contribution in [2.45, 2.75) is 77.3 Å². The molecule has 3 rings (SSSR count). The van der Waals surface area contributed by atoms with E-state index in [-0.39, 0.29) is 23.9 Å². The number of hydrogen-bond donors (Lipinski definition) is 2. The van der Waals surface area contributed by atoms with Gasteiger partial charge < -0.3 is 10.4 Å². The fourth-order valence-electron chi connectivity index (χ4n) is 5.23. The second-order valence-corrected chi connectivity index (χ2v) is 9.79. The third-order valence-electron chi connectivity index (χ3n) is 6.82. The van der Waals surface area contributed by atoms with Gasteiger partial charge in [-0.25, -0.2) is 13.6 Å². The number of rotatable bonds is 3. The van der Waals surface area contributed by atoms with Crippen molar-refractivity contribution in [1.82, 2.24) is 10.2 Å². The van der Waals surface area contributed by atoms with E-state index in [9.17, 15) is 23.5 Å². The first-order valence-electron chi connectivity index (χ1n) is 10.8. The highest BCUT2D eigenvalue weighted by Crippen LogP contribution is 2.46. The van der Waals surface area contributed by atoms with E-state index in [1.54, 1.807) is 0 Å². The van der Waals surface area contributed by atoms with Gasteiger partial charge in [-0.1, -0.05) is 59.3 Å². The predicted octanol–water partition coefficient (Wildman–Crippen LogP) is 5.26. The molecule has 0 aromatic heterocycles. The summed E-state index contributed by atoms with van der Waals surface area (Å²) < 4.78 is 27.5. The summed E-state index contributed by atoms with van der Waals surface area (Å²) in [5, 5.41) is 13.0. The summed E-state index contributed by atoms with van der Waals surface area (Å²) in [5.41, 5.74) is -1.67. The second-order valence-electron chi connectivity index (χ2n) is 9.79. The van der Waals surface area contributed by atoms with Crippen molar-refractivity contribution in [1.29, 1.82) is 0 Å². The first-order chi connectivity index (χ1) is 14.0. The van der Waals surface area contributed by atoms with Gasteiger partial charge in [0.2, 0.25) is 5.91 Å². The SMILES string of the molecule is CC(C)(C)[C@]1(CC2CCCCCC2)C(=O)NC(c2cc(F)cc(F)c2)CN1C(=O)O. The van der Waals surface area contributed by atoms with E-state index in [0.717, 1.165) is 43.9 Å². The minimum atomic E-state index is -1.24. The van der Waals surface area contributed by atoms with Gasteiger partial charge >= 0.3 is 6.09 Å². The Balaban J connectivity index is 1.99. The summed E-state index contributed by atoms with van der Waals surface area (Å²) in [6.07, 6.45) is 5.75. The minimum absolute atomic E-state index is 0.0477. The van der Waals surface area contributed by atoms with Crippen LogP contribution in [0, 0.1) is 23.0 Å². The first-order valence-corrected chi connectivity index (χ1v) is 10.8. The van der Waals surface area contributed by atoms with E-state index >= 15 is 0 Å². The Morgan fingerprint density at radius 1 is 1.13 bits per heavy atom. The molecule has 0 radical (unpaired) electrons. The van der Waals surface area contributed by atoms with E-state index in [4.69, 9.17) is 0 Å². The Hall–Kier alpha value is -2.18. The molecule has 2 fully saturated rings. The summed E-state index contributed by atoms with van der Waals surface area (Å²) in [5.74, 6) is -1.63. The number of hydrogen-bond acceptors (Lipinski definition) is 2. The molecule has 2 N–H and O–H groups in total. The molecular weight excluding hydrogens is 390 g/mol. The normalized spacial score (nSPS) is 26.2. The zero-order valence-corrected chi connectivity index (χ0v) is 18.0. The number of carbonyl (C=O) groups excluding carboxylic acids is 1. The number of halogens is 2. The lowest BCUT2D eigenvalue weighted by Gasteiger charge is -2.55. The molecule has 1 aliphatic carbocycles. The highest BCUT2D eigenvalue weighted by molar-refractivity contribution is 5.92. The molecule has 5 nitrogen and oxygen atoms in total. The highest BCUT2D eigenvalue weighted by atomic mass is 19.1. The molecule has 0 spiro atoms. The fourth-order valence-corrected chi connectivity index (χ4v) is 5.23. The summed E-state index contributed by atoms with van der Waals surface area (Å²) in [4.78, 5) is 27.2. The molecule has 1 heterocycles. The molecule has 1 aliphatic heterocycles. The third-order valence-corrected chi connectivity index (χ3v) is 6.82. The number of carboxylic acid groups (broad SMARTS) is 1. The Bertz CT molecular complexity index is 780. The molecule has 166 valence electrons. The smallest absolute Gasteiger partial charge is 0.408 e. The van der Waals surface area contributed by atoms with E-state index in [0.29, 0.717) is 6.42 Å². The van der Waals surface area contributed by atoms with Crippen LogP contribution >= 0.6 is 0 Å². The number of piperazine rings is 1. The lowest BCUT2D eigenvalue weighted by atomic mass is 9.65. The highest BCUT2D eigenvalue weighted by Gasteiger charge is 2.58. The van der Waals surface area contributed by atoms with Gasteiger partial charge in [0, 0.05) is 12.6 Å². The van der Waals surface area contributed by atoms with Crippen LogP contribution in [0.2, 0.25) is 0 Å². The zero-order valence-electron chi connectivity index (χ0n) is 18.0. The summed E-state index contributed by atoms with van der Waals surface area (Å²) in [6.45, 7) is 5.62. The van der Waals surface area contributed by atoms with Gasteiger partial charge in [0.15, 0.2) is 0 Å². The number of carbonyl (C=O) groups is 2. The zero-order chi connectivity index (χ0) is 22.1. The Morgan fingerprint density at radius 3 is 2.20 bits per heavy atom. The Kier molecular flexibility index (Phi) is 6.39. The van der Waals surface area contributed by atoms with Crippen LogP contribution < -0.4 is 5.32 Å². The predicted molar refractivity (Wildman–Crippen MR) is 110 cm³/mol. The molecule has 0 bridgehead atoms. The van der Waals surface area contributed by atoms with Crippen molar-refractivity contribution in [2.75, 3.05) is 6.54 Å². The quantitative estimate of drug-likeness (QED) is 0.653. The van der Waals surface area contributed by atoms with Gasteiger partial charge in [0.25, 0.3) is 0 Å². The molecule has 30 heavy (non-hydrogen) atoms. The van der Waals surface area contributed by atoms with Crippen molar-refractivity contribution in [3.8, 4) is 0 Å². The average molecular weight is 423 g/mol. The monoisotopic (exact) mass is 422 g/mol. The van der Waals surface area contributed by atoms with E-state index < -0.39 is 34.7 Å².